The molecular weight excluding hydrogens is 484 g/mol. The number of nitrogens with zero attached hydrogens (tertiary/aromatic N) is 1. The maximum Gasteiger partial charge on any atom is 0.408 e. The minimum absolute atomic E-state index is 0.232. The molecule has 9 nitrogen and oxygen atoms in total. The number of carbonyl (C=O) groups excluding carboxylic acids is 4. The monoisotopic (exact) mass is 522 g/mol. The van der Waals surface area contributed by atoms with Crippen LogP contribution < -0.4 is 16.4 Å². The Morgan fingerprint density at radius 2 is 1.55 bits per heavy atom. The Morgan fingerprint density at radius 3 is 2.08 bits per heavy atom. The normalized spacial score (nSPS) is 14.7. The van der Waals surface area contributed by atoms with Crippen LogP contribution in [0.4, 0.5) is 10.5 Å². The zero-order chi connectivity index (χ0) is 28.2. The summed E-state index contributed by atoms with van der Waals surface area (Å²) in [6.45, 7) is 10.8. The fourth-order valence-electron chi connectivity index (χ4n) is 4.47. The second-order valence-electron chi connectivity index (χ2n) is 10.9. The summed E-state index contributed by atoms with van der Waals surface area (Å²) in [4.78, 5) is 54.1. The molecule has 3 rings (SSSR count). The molecule has 0 spiro atoms. The van der Waals surface area contributed by atoms with E-state index in [-0.39, 0.29) is 11.9 Å². The zero-order valence-electron chi connectivity index (χ0n) is 23.0. The molecule has 2 aromatic carbocycles. The predicted molar refractivity (Wildman–Crippen MR) is 145 cm³/mol. The topological polar surface area (TPSA) is 131 Å². The minimum Gasteiger partial charge on any atom is -0.444 e. The van der Waals surface area contributed by atoms with E-state index in [0.717, 1.165) is 16.7 Å². The van der Waals surface area contributed by atoms with Gasteiger partial charge >= 0.3 is 6.09 Å². The Labute approximate surface area is 224 Å². The SMILES string of the molecule is Cc1ccccc1NC(=O)C(c1c(C)cccc1C)N(C(=O)C(CC(N)=O)NC(=O)OC(C)(C)C)C1CC1. The van der Waals surface area contributed by atoms with Gasteiger partial charge in [0, 0.05) is 11.7 Å². The maximum atomic E-state index is 14.1. The molecule has 38 heavy (non-hydrogen) atoms. The molecule has 1 saturated carbocycles. The molecule has 2 aromatic rings. The first-order valence-corrected chi connectivity index (χ1v) is 12.8. The molecule has 1 aliphatic carbocycles. The van der Waals surface area contributed by atoms with Gasteiger partial charge in [-0.05, 0) is 82.7 Å². The van der Waals surface area contributed by atoms with Crippen LogP contribution in [0.1, 0.15) is 68.3 Å². The molecule has 0 aromatic heterocycles. The molecule has 1 fully saturated rings. The zero-order valence-corrected chi connectivity index (χ0v) is 23.0. The van der Waals surface area contributed by atoms with Crippen LogP contribution >= 0.6 is 0 Å². The molecule has 0 heterocycles. The van der Waals surface area contributed by atoms with Gasteiger partial charge in [-0.15, -0.1) is 0 Å². The van der Waals surface area contributed by atoms with Gasteiger partial charge in [0.2, 0.25) is 11.8 Å². The van der Waals surface area contributed by atoms with Crippen LogP contribution in [-0.4, -0.2) is 46.4 Å². The lowest BCUT2D eigenvalue weighted by molar-refractivity contribution is -0.142. The van der Waals surface area contributed by atoms with Crippen molar-refractivity contribution in [3.63, 3.8) is 0 Å². The number of anilines is 1. The average Bonchev–Trinajstić information content (AvgIpc) is 3.62. The fraction of sp³-hybridized carbons (Fsp3) is 0.448. The third-order valence-corrected chi connectivity index (χ3v) is 6.33. The minimum atomic E-state index is -1.29. The summed E-state index contributed by atoms with van der Waals surface area (Å²) in [5.41, 5.74) is 8.56. The van der Waals surface area contributed by atoms with Gasteiger partial charge in [0.15, 0.2) is 0 Å². The Hall–Kier alpha value is -3.88. The molecule has 0 radical (unpaired) electrons. The summed E-state index contributed by atoms with van der Waals surface area (Å²) in [5.74, 6) is -1.71. The molecule has 4 N–H and O–H groups in total. The van der Waals surface area contributed by atoms with E-state index >= 15 is 0 Å². The van der Waals surface area contributed by atoms with E-state index in [0.29, 0.717) is 24.1 Å². The Kier molecular flexibility index (Phi) is 8.81. The lowest BCUT2D eigenvalue weighted by atomic mass is 9.93. The molecule has 0 bridgehead atoms. The summed E-state index contributed by atoms with van der Waals surface area (Å²) in [5, 5.41) is 5.51. The van der Waals surface area contributed by atoms with Gasteiger partial charge in [0.05, 0.1) is 6.42 Å². The van der Waals surface area contributed by atoms with E-state index in [1.54, 1.807) is 26.8 Å². The maximum absolute atomic E-state index is 14.1. The first-order valence-electron chi connectivity index (χ1n) is 12.8. The highest BCUT2D eigenvalue weighted by Gasteiger charge is 2.45. The highest BCUT2D eigenvalue weighted by atomic mass is 16.6. The molecule has 2 atom stereocenters. The van der Waals surface area contributed by atoms with Gasteiger partial charge in [-0.25, -0.2) is 4.79 Å². The van der Waals surface area contributed by atoms with Gasteiger partial charge in [-0.2, -0.15) is 0 Å². The Bertz CT molecular complexity index is 1200. The van der Waals surface area contributed by atoms with Gasteiger partial charge in [-0.1, -0.05) is 36.4 Å². The number of para-hydroxylation sites is 1. The van der Waals surface area contributed by atoms with E-state index in [1.165, 1.54) is 4.90 Å². The average molecular weight is 523 g/mol. The largest absolute Gasteiger partial charge is 0.444 e. The third kappa shape index (κ3) is 7.34. The van der Waals surface area contributed by atoms with E-state index < -0.39 is 42.0 Å². The molecule has 9 heteroatoms. The van der Waals surface area contributed by atoms with Crippen LogP contribution in [0.5, 0.6) is 0 Å². The number of alkyl carbamates (subject to hydrolysis) is 1. The number of nitrogens with one attached hydrogen (secondary N) is 2. The second-order valence-corrected chi connectivity index (χ2v) is 10.9. The fourth-order valence-corrected chi connectivity index (χ4v) is 4.47. The molecule has 2 unspecified atom stereocenters. The van der Waals surface area contributed by atoms with Crippen molar-refractivity contribution >= 4 is 29.5 Å². The molecule has 1 aliphatic rings. The summed E-state index contributed by atoms with van der Waals surface area (Å²) in [6.07, 6.45) is 0.113. The molecule has 204 valence electrons. The first kappa shape index (κ1) is 28.7. The standard InChI is InChI=1S/C29H38N4O5/c1-17-10-7-8-13-21(17)31-26(35)25(24-18(2)11-9-12-19(24)3)33(20-14-15-20)27(36)22(16-23(30)34)32-28(37)38-29(4,5)6/h7-13,20,22,25H,14-16H2,1-6H3,(H2,30,34)(H,31,35)(H,32,37). The van der Waals surface area contributed by atoms with Crippen LogP contribution in [0.25, 0.3) is 0 Å². The number of primary amides is 1. The summed E-state index contributed by atoms with van der Waals surface area (Å²) in [7, 11) is 0. The molecular formula is C29H38N4O5. The lowest BCUT2D eigenvalue weighted by Crippen LogP contribution is -2.54. The van der Waals surface area contributed by atoms with Crippen molar-refractivity contribution in [3.8, 4) is 0 Å². The van der Waals surface area contributed by atoms with E-state index in [2.05, 4.69) is 10.6 Å². The van der Waals surface area contributed by atoms with Gasteiger partial charge in [0.1, 0.15) is 17.7 Å². The summed E-state index contributed by atoms with van der Waals surface area (Å²) in [6, 6.07) is 10.6. The van der Waals surface area contributed by atoms with Crippen LogP contribution in [0.15, 0.2) is 42.5 Å². The number of rotatable bonds is 9. The first-order chi connectivity index (χ1) is 17.8. The van der Waals surface area contributed by atoms with Crippen molar-refractivity contribution < 1.29 is 23.9 Å². The van der Waals surface area contributed by atoms with Crippen molar-refractivity contribution in [2.75, 3.05) is 5.32 Å². The van der Waals surface area contributed by atoms with Crippen LogP contribution in [0, 0.1) is 20.8 Å². The highest BCUT2D eigenvalue weighted by molar-refractivity contribution is 6.00. The van der Waals surface area contributed by atoms with Crippen molar-refractivity contribution in [1.82, 2.24) is 10.2 Å². The summed E-state index contributed by atoms with van der Waals surface area (Å²) < 4.78 is 5.33. The Morgan fingerprint density at radius 1 is 0.974 bits per heavy atom. The summed E-state index contributed by atoms with van der Waals surface area (Å²) >= 11 is 0. The number of amides is 4. The second kappa shape index (κ2) is 11.7. The number of aryl methyl sites for hydroxylation is 3. The van der Waals surface area contributed by atoms with Crippen molar-refractivity contribution in [2.45, 2.75) is 84.5 Å². The number of nitrogens with two attached hydrogens (primary N) is 1. The molecule has 0 saturated heterocycles. The van der Waals surface area contributed by atoms with Gasteiger partial charge in [0.25, 0.3) is 5.91 Å². The number of hydrogen-bond donors (Lipinski definition) is 3. The number of ether oxygens (including phenoxy) is 1. The predicted octanol–water partition coefficient (Wildman–Crippen LogP) is 4.05. The lowest BCUT2D eigenvalue weighted by Gasteiger charge is -2.35. The van der Waals surface area contributed by atoms with E-state index in [4.69, 9.17) is 10.5 Å². The number of carbonyl (C=O) groups is 4. The van der Waals surface area contributed by atoms with Crippen LogP contribution in [0.2, 0.25) is 0 Å². The molecule has 4 amide bonds. The third-order valence-electron chi connectivity index (χ3n) is 6.33. The quantitative estimate of drug-likeness (QED) is 0.457. The number of benzene rings is 2. The smallest absolute Gasteiger partial charge is 0.408 e. The van der Waals surface area contributed by atoms with Crippen LogP contribution in [0.3, 0.4) is 0 Å². The van der Waals surface area contributed by atoms with Crippen molar-refractivity contribution in [1.29, 1.82) is 0 Å². The highest BCUT2D eigenvalue weighted by Crippen LogP contribution is 2.38. The van der Waals surface area contributed by atoms with Crippen molar-refractivity contribution in [2.24, 2.45) is 5.73 Å². The van der Waals surface area contributed by atoms with Gasteiger partial charge < -0.3 is 26.0 Å². The Balaban J connectivity index is 2.06. The van der Waals surface area contributed by atoms with Gasteiger partial charge in [-0.3, -0.25) is 14.4 Å². The molecule has 0 aliphatic heterocycles. The van der Waals surface area contributed by atoms with E-state index in [9.17, 15) is 19.2 Å². The van der Waals surface area contributed by atoms with E-state index in [1.807, 2.05) is 57.2 Å². The number of hydrogen-bond acceptors (Lipinski definition) is 5. The van der Waals surface area contributed by atoms with Crippen molar-refractivity contribution in [3.05, 3.63) is 64.7 Å². The van der Waals surface area contributed by atoms with Crippen LogP contribution in [-0.2, 0) is 19.1 Å².